The lowest BCUT2D eigenvalue weighted by atomic mass is 9.60. The first-order chi connectivity index (χ1) is 8.48. The van der Waals surface area contributed by atoms with Gasteiger partial charge in [-0.25, -0.2) is 8.42 Å². The Morgan fingerprint density at radius 3 is 2.56 bits per heavy atom. The van der Waals surface area contributed by atoms with Gasteiger partial charge in [-0.05, 0) is 26.2 Å². The lowest BCUT2D eigenvalue weighted by Gasteiger charge is -2.54. The van der Waals surface area contributed by atoms with Crippen LogP contribution < -0.4 is 5.32 Å². The highest BCUT2D eigenvalue weighted by Crippen LogP contribution is 2.54. The summed E-state index contributed by atoms with van der Waals surface area (Å²) >= 11 is 0. The van der Waals surface area contributed by atoms with Gasteiger partial charge in [-0.3, -0.25) is 0 Å². The molecule has 0 heterocycles. The average Bonchev–Trinajstić information content (AvgIpc) is 2.77. The molecule has 2 unspecified atom stereocenters. The van der Waals surface area contributed by atoms with E-state index in [1.54, 1.807) is 0 Å². The van der Waals surface area contributed by atoms with Gasteiger partial charge in [-0.2, -0.15) is 0 Å². The summed E-state index contributed by atoms with van der Waals surface area (Å²) < 4.78 is 28.1. The monoisotopic (exact) mass is 275 g/mol. The molecule has 1 spiro atoms. The van der Waals surface area contributed by atoms with Gasteiger partial charge in [-0.1, -0.05) is 12.8 Å². The normalized spacial score (nSPS) is 30.6. The van der Waals surface area contributed by atoms with Crippen LogP contribution in [0.2, 0.25) is 0 Å². The molecule has 0 aromatic carbocycles. The number of nitrogens with one attached hydrogen (secondary N) is 1. The second kappa shape index (κ2) is 5.47. The zero-order valence-corrected chi connectivity index (χ0v) is 12.3. The summed E-state index contributed by atoms with van der Waals surface area (Å²) in [4.78, 5) is 0. The van der Waals surface area contributed by atoms with Crippen molar-refractivity contribution < 1.29 is 13.2 Å². The molecular formula is C13H25NO3S. The second-order valence-corrected chi connectivity index (χ2v) is 8.02. The molecule has 106 valence electrons. The van der Waals surface area contributed by atoms with E-state index in [0.717, 1.165) is 13.0 Å². The van der Waals surface area contributed by atoms with E-state index in [1.165, 1.54) is 31.9 Å². The van der Waals surface area contributed by atoms with Crippen LogP contribution in [0.5, 0.6) is 0 Å². The van der Waals surface area contributed by atoms with Gasteiger partial charge in [-0.15, -0.1) is 0 Å². The standard InChI is InChI=1S/C13H25NO3S/c1-3-17-12-10-11(13(12)6-4-5-7-13)14-8-9-18(2,15)16/h11-12,14H,3-10H2,1-2H3. The van der Waals surface area contributed by atoms with Crippen LogP contribution in [0.15, 0.2) is 0 Å². The fourth-order valence-electron chi connectivity index (χ4n) is 3.59. The minimum Gasteiger partial charge on any atom is -0.378 e. The van der Waals surface area contributed by atoms with Crippen molar-refractivity contribution in [3.05, 3.63) is 0 Å². The fraction of sp³-hybridized carbons (Fsp3) is 1.00. The lowest BCUT2D eigenvalue weighted by Crippen LogP contribution is -2.63. The van der Waals surface area contributed by atoms with Gasteiger partial charge in [0.1, 0.15) is 9.84 Å². The summed E-state index contributed by atoms with van der Waals surface area (Å²) in [5.41, 5.74) is 0.299. The second-order valence-electron chi connectivity index (χ2n) is 5.76. The summed E-state index contributed by atoms with van der Waals surface area (Å²) in [7, 11) is -2.86. The highest BCUT2D eigenvalue weighted by Gasteiger charge is 2.56. The molecule has 0 bridgehead atoms. The van der Waals surface area contributed by atoms with Gasteiger partial charge in [0.25, 0.3) is 0 Å². The Labute approximate surface area is 110 Å². The first kappa shape index (κ1) is 14.3. The van der Waals surface area contributed by atoms with Crippen LogP contribution >= 0.6 is 0 Å². The van der Waals surface area contributed by atoms with Crippen LogP contribution in [0.3, 0.4) is 0 Å². The molecule has 0 aromatic rings. The minimum atomic E-state index is -2.86. The van der Waals surface area contributed by atoms with Gasteiger partial charge in [0.05, 0.1) is 11.9 Å². The highest BCUT2D eigenvalue weighted by molar-refractivity contribution is 7.90. The summed E-state index contributed by atoms with van der Waals surface area (Å²) in [6.45, 7) is 3.40. The van der Waals surface area contributed by atoms with Crippen molar-refractivity contribution in [3.8, 4) is 0 Å². The molecule has 4 nitrogen and oxygen atoms in total. The van der Waals surface area contributed by atoms with Gasteiger partial charge in [0.2, 0.25) is 0 Å². The molecule has 2 atom stereocenters. The molecule has 0 saturated heterocycles. The van der Waals surface area contributed by atoms with E-state index in [2.05, 4.69) is 5.32 Å². The van der Waals surface area contributed by atoms with Crippen LogP contribution in [-0.2, 0) is 14.6 Å². The van der Waals surface area contributed by atoms with Gasteiger partial charge >= 0.3 is 0 Å². The Balaban J connectivity index is 1.86. The van der Waals surface area contributed by atoms with E-state index in [-0.39, 0.29) is 5.75 Å². The van der Waals surface area contributed by atoms with Crippen LogP contribution in [0.25, 0.3) is 0 Å². The number of rotatable bonds is 6. The topological polar surface area (TPSA) is 55.4 Å². The van der Waals surface area contributed by atoms with Crippen LogP contribution in [0.4, 0.5) is 0 Å². The van der Waals surface area contributed by atoms with Gasteiger partial charge in [0, 0.05) is 30.9 Å². The fourth-order valence-corrected chi connectivity index (χ4v) is 4.08. The molecule has 0 aromatic heterocycles. The predicted octanol–water partition coefficient (Wildman–Crippen LogP) is 1.36. The molecule has 1 N–H and O–H groups in total. The van der Waals surface area contributed by atoms with Crippen LogP contribution in [0.1, 0.15) is 39.0 Å². The molecule has 2 rings (SSSR count). The summed E-state index contributed by atoms with van der Waals surface area (Å²) in [6, 6.07) is 0.457. The van der Waals surface area contributed by atoms with Crippen molar-refractivity contribution in [1.82, 2.24) is 5.32 Å². The average molecular weight is 275 g/mol. The molecule has 2 aliphatic rings. The molecule has 18 heavy (non-hydrogen) atoms. The Morgan fingerprint density at radius 2 is 2.00 bits per heavy atom. The summed E-state index contributed by atoms with van der Waals surface area (Å²) in [6.07, 6.45) is 7.76. The molecule has 2 fully saturated rings. The van der Waals surface area contributed by atoms with E-state index in [4.69, 9.17) is 4.74 Å². The van der Waals surface area contributed by atoms with Crippen LogP contribution in [0, 0.1) is 5.41 Å². The van der Waals surface area contributed by atoms with Crippen molar-refractivity contribution >= 4 is 9.84 Å². The Bertz CT molecular complexity index is 374. The maximum absolute atomic E-state index is 11.1. The van der Waals surface area contributed by atoms with E-state index < -0.39 is 9.84 Å². The molecule has 2 aliphatic carbocycles. The molecule has 0 amide bonds. The number of sulfone groups is 1. The summed E-state index contributed by atoms with van der Waals surface area (Å²) in [5, 5.41) is 3.44. The third kappa shape index (κ3) is 2.89. The zero-order chi connectivity index (χ0) is 13.2. The largest absolute Gasteiger partial charge is 0.378 e. The summed E-state index contributed by atoms with van der Waals surface area (Å²) in [5.74, 6) is 0.235. The lowest BCUT2D eigenvalue weighted by molar-refractivity contribution is -0.129. The Morgan fingerprint density at radius 1 is 1.33 bits per heavy atom. The predicted molar refractivity (Wildman–Crippen MR) is 72.4 cm³/mol. The third-order valence-electron chi connectivity index (χ3n) is 4.55. The van der Waals surface area contributed by atoms with Crippen molar-refractivity contribution in [1.29, 1.82) is 0 Å². The minimum absolute atomic E-state index is 0.235. The van der Waals surface area contributed by atoms with Crippen molar-refractivity contribution in [3.63, 3.8) is 0 Å². The third-order valence-corrected chi connectivity index (χ3v) is 5.50. The van der Waals surface area contributed by atoms with Crippen LogP contribution in [-0.4, -0.2) is 45.7 Å². The zero-order valence-electron chi connectivity index (χ0n) is 11.4. The Hall–Kier alpha value is -0.130. The van der Waals surface area contributed by atoms with Crippen molar-refractivity contribution in [2.75, 3.05) is 25.2 Å². The number of hydrogen-bond donors (Lipinski definition) is 1. The van der Waals surface area contributed by atoms with Gasteiger partial charge < -0.3 is 10.1 Å². The van der Waals surface area contributed by atoms with E-state index >= 15 is 0 Å². The molecule has 2 saturated carbocycles. The molecule has 5 heteroatoms. The molecule has 0 aliphatic heterocycles. The first-order valence-electron chi connectivity index (χ1n) is 7.00. The maximum atomic E-state index is 11.1. The van der Waals surface area contributed by atoms with Crippen molar-refractivity contribution in [2.45, 2.75) is 51.2 Å². The smallest absolute Gasteiger partial charge is 0.148 e. The molecule has 0 radical (unpaired) electrons. The maximum Gasteiger partial charge on any atom is 0.148 e. The van der Waals surface area contributed by atoms with Crippen molar-refractivity contribution in [2.24, 2.45) is 5.41 Å². The first-order valence-corrected chi connectivity index (χ1v) is 9.07. The molecular weight excluding hydrogens is 250 g/mol. The van der Waals surface area contributed by atoms with E-state index in [1.807, 2.05) is 6.92 Å². The van der Waals surface area contributed by atoms with Gasteiger partial charge in [0.15, 0.2) is 0 Å². The van der Waals surface area contributed by atoms with E-state index in [9.17, 15) is 8.42 Å². The highest BCUT2D eigenvalue weighted by atomic mass is 32.2. The Kier molecular flexibility index (Phi) is 4.34. The number of hydrogen-bond acceptors (Lipinski definition) is 4. The van der Waals surface area contributed by atoms with E-state index in [0.29, 0.717) is 24.1 Å². The SMILES string of the molecule is CCOC1CC(NCCS(C)(=O)=O)C12CCCC2. The quantitative estimate of drug-likeness (QED) is 0.795. The number of ether oxygens (including phenoxy) is 1.